The molecule has 0 aromatic carbocycles. The van der Waals surface area contributed by atoms with E-state index in [-0.39, 0.29) is 12.0 Å². The Balaban J connectivity index is 3.02. The fourth-order valence-electron chi connectivity index (χ4n) is 2.58. The van der Waals surface area contributed by atoms with Gasteiger partial charge < -0.3 is 5.11 Å². The zero-order valence-electron chi connectivity index (χ0n) is 12.7. The van der Waals surface area contributed by atoms with Crippen LogP contribution in [0.3, 0.4) is 0 Å². The molecule has 1 aromatic rings. The van der Waals surface area contributed by atoms with E-state index in [1.165, 1.54) is 18.5 Å². The van der Waals surface area contributed by atoms with Crippen LogP contribution in [0, 0.1) is 12.3 Å². The van der Waals surface area contributed by atoms with Gasteiger partial charge >= 0.3 is 0 Å². The molecule has 1 N–H and O–H groups in total. The highest BCUT2D eigenvalue weighted by Crippen LogP contribution is 2.35. The van der Waals surface area contributed by atoms with Crippen molar-refractivity contribution in [2.45, 2.75) is 66.3 Å². The molecule has 0 radical (unpaired) electrons. The first kappa shape index (κ1) is 16.7. The number of halogens is 1. The summed E-state index contributed by atoms with van der Waals surface area (Å²) in [6.45, 7) is 9.65. The highest BCUT2D eigenvalue weighted by Gasteiger charge is 2.30. The first-order chi connectivity index (χ1) is 9.03. The van der Waals surface area contributed by atoms with Crippen LogP contribution in [-0.2, 0) is 13.0 Å². The molecule has 19 heavy (non-hydrogen) atoms. The van der Waals surface area contributed by atoms with Gasteiger partial charge in [-0.15, -0.1) is 0 Å². The van der Waals surface area contributed by atoms with E-state index in [1.54, 1.807) is 0 Å². The van der Waals surface area contributed by atoms with Crippen LogP contribution in [0.2, 0.25) is 0 Å². The largest absolute Gasteiger partial charge is 0.396 e. The standard InChI is InChI=1S/C15H27BrN2O/c1-5-8-9-15(6-2,11-19)10-13-14(16)12(4)17-18(13)7-3/h19H,5-11H2,1-4H3. The van der Waals surface area contributed by atoms with Crippen LogP contribution in [0.1, 0.15) is 57.8 Å². The lowest BCUT2D eigenvalue weighted by Crippen LogP contribution is -2.29. The number of hydrogen-bond donors (Lipinski definition) is 1. The second kappa shape index (κ2) is 7.44. The number of unbranched alkanes of at least 4 members (excludes halogenated alkanes) is 1. The number of aromatic nitrogens is 2. The number of hydrogen-bond acceptors (Lipinski definition) is 2. The molecule has 110 valence electrons. The summed E-state index contributed by atoms with van der Waals surface area (Å²) in [5.74, 6) is 0. The minimum absolute atomic E-state index is 0.00206. The van der Waals surface area contributed by atoms with Gasteiger partial charge in [0, 0.05) is 13.2 Å². The smallest absolute Gasteiger partial charge is 0.0738 e. The zero-order valence-corrected chi connectivity index (χ0v) is 14.3. The molecule has 0 spiro atoms. The van der Waals surface area contributed by atoms with Crippen molar-refractivity contribution < 1.29 is 5.11 Å². The molecule has 0 aliphatic rings. The monoisotopic (exact) mass is 330 g/mol. The van der Waals surface area contributed by atoms with E-state index in [4.69, 9.17) is 0 Å². The van der Waals surface area contributed by atoms with Crippen molar-refractivity contribution in [3.05, 3.63) is 15.9 Å². The van der Waals surface area contributed by atoms with Crippen LogP contribution in [0.25, 0.3) is 0 Å². The normalized spacial score (nSPS) is 14.6. The van der Waals surface area contributed by atoms with Crippen molar-refractivity contribution in [1.29, 1.82) is 0 Å². The van der Waals surface area contributed by atoms with E-state index in [9.17, 15) is 5.11 Å². The van der Waals surface area contributed by atoms with Crippen LogP contribution < -0.4 is 0 Å². The molecule has 0 aliphatic carbocycles. The number of aryl methyl sites for hydroxylation is 2. The van der Waals surface area contributed by atoms with Crippen LogP contribution in [-0.4, -0.2) is 21.5 Å². The van der Waals surface area contributed by atoms with Gasteiger partial charge in [0.05, 0.1) is 15.9 Å². The van der Waals surface area contributed by atoms with E-state index in [2.05, 4.69) is 46.5 Å². The van der Waals surface area contributed by atoms with Crippen LogP contribution in [0.5, 0.6) is 0 Å². The molecule has 3 nitrogen and oxygen atoms in total. The molecule has 0 saturated heterocycles. The Morgan fingerprint density at radius 3 is 2.47 bits per heavy atom. The van der Waals surface area contributed by atoms with Crippen molar-refractivity contribution in [2.24, 2.45) is 5.41 Å². The Kier molecular flexibility index (Phi) is 6.54. The molecular weight excluding hydrogens is 304 g/mol. The Hall–Kier alpha value is -0.350. The maximum absolute atomic E-state index is 9.88. The lowest BCUT2D eigenvalue weighted by Gasteiger charge is -2.31. The first-order valence-corrected chi connectivity index (χ1v) is 8.15. The molecule has 1 heterocycles. The lowest BCUT2D eigenvalue weighted by atomic mass is 9.77. The van der Waals surface area contributed by atoms with Gasteiger partial charge in [0.2, 0.25) is 0 Å². The predicted molar refractivity (Wildman–Crippen MR) is 83.4 cm³/mol. The second-order valence-corrected chi connectivity index (χ2v) is 6.25. The summed E-state index contributed by atoms with van der Waals surface area (Å²) in [5.41, 5.74) is 2.26. The van der Waals surface area contributed by atoms with Gasteiger partial charge in [0.25, 0.3) is 0 Å². The molecule has 0 aliphatic heterocycles. The molecule has 0 fully saturated rings. The molecule has 0 saturated carbocycles. The third-order valence-corrected chi connectivity index (χ3v) is 5.17. The fourth-order valence-corrected chi connectivity index (χ4v) is 3.01. The third-order valence-electron chi connectivity index (χ3n) is 4.14. The van der Waals surface area contributed by atoms with Gasteiger partial charge in [-0.25, -0.2) is 0 Å². The minimum atomic E-state index is -0.00206. The topological polar surface area (TPSA) is 38.1 Å². The van der Waals surface area contributed by atoms with Gasteiger partial charge in [0.1, 0.15) is 0 Å². The molecular formula is C15H27BrN2O. The molecule has 0 amide bonds. The van der Waals surface area contributed by atoms with Crippen molar-refractivity contribution in [3.63, 3.8) is 0 Å². The highest BCUT2D eigenvalue weighted by atomic mass is 79.9. The van der Waals surface area contributed by atoms with Crippen molar-refractivity contribution in [3.8, 4) is 0 Å². The number of aliphatic hydroxyl groups excluding tert-OH is 1. The third kappa shape index (κ3) is 3.82. The van der Waals surface area contributed by atoms with Crippen molar-refractivity contribution >= 4 is 15.9 Å². The molecule has 1 unspecified atom stereocenters. The van der Waals surface area contributed by atoms with E-state index < -0.39 is 0 Å². The average molecular weight is 331 g/mol. The van der Waals surface area contributed by atoms with E-state index in [0.717, 1.165) is 36.0 Å². The van der Waals surface area contributed by atoms with Crippen molar-refractivity contribution in [2.75, 3.05) is 6.61 Å². The number of nitrogens with zero attached hydrogens (tertiary/aromatic N) is 2. The van der Waals surface area contributed by atoms with Crippen LogP contribution >= 0.6 is 15.9 Å². The van der Waals surface area contributed by atoms with Gasteiger partial charge in [-0.2, -0.15) is 5.10 Å². The summed E-state index contributed by atoms with van der Waals surface area (Å²) in [6.07, 6.45) is 5.33. The summed E-state index contributed by atoms with van der Waals surface area (Å²) >= 11 is 3.66. The van der Waals surface area contributed by atoms with Gasteiger partial charge in [-0.3, -0.25) is 4.68 Å². The Bertz CT molecular complexity index is 397. The Morgan fingerprint density at radius 1 is 1.32 bits per heavy atom. The Labute approximate surface area is 125 Å². The highest BCUT2D eigenvalue weighted by molar-refractivity contribution is 9.10. The second-order valence-electron chi connectivity index (χ2n) is 5.45. The summed E-state index contributed by atoms with van der Waals surface area (Å²) in [6, 6.07) is 0. The molecule has 1 rings (SSSR count). The van der Waals surface area contributed by atoms with Crippen LogP contribution in [0.4, 0.5) is 0 Å². The van der Waals surface area contributed by atoms with E-state index >= 15 is 0 Å². The summed E-state index contributed by atoms with van der Waals surface area (Å²) < 4.78 is 3.17. The average Bonchev–Trinajstić information content (AvgIpc) is 2.70. The Morgan fingerprint density at radius 2 is 2.00 bits per heavy atom. The first-order valence-electron chi connectivity index (χ1n) is 7.36. The van der Waals surface area contributed by atoms with E-state index in [0.29, 0.717) is 0 Å². The summed E-state index contributed by atoms with van der Waals surface area (Å²) in [7, 11) is 0. The minimum Gasteiger partial charge on any atom is -0.396 e. The summed E-state index contributed by atoms with van der Waals surface area (Å²) in [5, 5.41) is 14.4. The van der Waals surface area contributed by atoms with Gasteiger partial charge in [0.15, 0.2) is 0 Å². The molecule has 1 atom stereocenters. The lowest BCUT2D eigenvalue weighted by molar-refractivity contribution is 0.104. The maximum Gasteiger partial charge on any atom is 0.0738 e. The maximum atomic E-state index is 9.88. The summed E-state index contributed by atoms with van der Waals surface area (Å²) in [4.78, 5) is 0. The molecule has 4 heteroatoms. The zero-order chi connectivity index (χ0) is 14.5. The quantitative estimate of drug-likeness (QED) is 0.779. The molecule has 1 aromatic heterocycles. The molecule has 0 bridgehead atoms. The number of aliphatic hydroxyl groups is 1. The van der Waals surface area contributed by atoms with Gasteiger partial charge in [-0.05, 0) is 54.5 Å². The van der Waals surface area contributed by atoms with Gasteiger partial charge in [-0.1, -0.05) is 26.7 Å². The number of rotatable bonds is 8. The van der Waals surface area contributed by atoms with Crippen molar-refractivity contribution in [1.82, 2.24) is 9.78 Å². The van der Waals surface area contributed by atoms with Crippen LogP contribution in [0.15, 0.2) is 4.47 Å². The van der Waals surface area contributed by atoms with E-state index in [1.807, 2.05) is 6.92 Å². The predicted octanol–water partition coefficient (Wildman–Crippen LogP) is 4.10. The SMILES string of the molecule is CCCCC(CC)(CO)Cc1c(Br)c(C)nn1CC. The fraction of sp³-hybridized carbons (Fsp3) is 0.800.